The number of nitrogens with one attached hydrogen (secondary N) is 1. The zero-order valence-electron chi connectivity index (χ0n) is 13.6. The molecule has 0 spiro atoms. The molecule has 2 aliphatic heterocycles. The summed E-state index contributed by atoms with van der Waals surface area (Å²) in [4.78, 5) is 38.1. The Balaban J connectivity index is 1.81. The number of hydrogen-bond acceptors (Lipinski definition) is 4. The number of nitrogens with zero attached hydrogens (tertiary/aromatic N) is 1. The van der Waals surface area contributed by atoms with Crippen LogP contribution in [0.4, 0.5) is 5.69 Å². The second-order valence-electron chi connectivity index (χ2n) is 6.44. The highest BCUT2D eigenvalue weighted by molar-refractivity contribution is 6.27. The third-order valence-electron chi connectivity index (χ3n) is 4.94. The Morgan fingerprint density at radius 1 is 1.16 bits per heavy atom. The number of carbonyl (C=O) groups is 3. The monoisotopic (exact) mass is 338 g/mol. The number of carbonyl (C=O) groups excluding carboxylic acids is 3. The maximum Gasteiger partial charge on any atom is 0.259 e. The van der Waals surface area contributed by atoms with Crippen molar-refractivity contribution in [3.63, 3.8) is 0 Å². The molecular formula is C19H18N2O4. The van der Waals surface area contributed by atoms with Gasteiger partial charge in [-0.25, -0.2) is 0 Å². The number of aryl methyl sites for hydroxylation is 1. The van der Waals surface area contributed by atoms with Gasteiger partial charge in [-0.3, -0.25) is 24.6 Å². The summed E-state index contributed by atoms with van der Waals surface area (Å²) in [7, 11) is 0. The molecule has 6 nitrogen and oxygen atoms in total. The number of anilines is 1. The van der Waals surface area contributed by atoms with Crippen molar-refractivity contribution in [3.8, 4) is 0 Å². The fourth-order valence-corrected chi connectivity index (χ4v) is 3.79. The molecule has 2 aliphatic rings. The van der Waals surface area contributed by atoms with E-state index in [-0.39, 0.29) is 24.8 Å². The van der Waals surface area contributed by atoms with Gasteiger partial charge in [-0.05, 0) is 42.3 Å². The van der Waals surface area contributed by atoms with Gasteiger partial charge < -0.3 is 5.11 Å². The summed E-state index contributed by atoms with van der Waals surface area (Å²) in [5, 5.41) is 13.2. The lowest BCUT2D eigenvalue weighted by atomic mass is 9.97. The van der Waals surface area contributed by atoms with Gasteiger partial charge in [-0.15, -0.1) is 0 Å². The lowest BCUT2D eigenvalue weighted by molar-refractivity contribution is -0.134. The lowest BCUT2D eigenvalue weighted by Crippen LogP contribution is -2.53. The molecule has 3 amide bonds. The minimum absolute atomic E-state index is 0.115. The second kappa shape index (κ2) is 5.97. The first kappa shape index (κ1) is 15.8. The first-order valence-electron chi connectivity index (χ1n) is 8.44. The van der Waals surface area contributed by atoms with E-state index < -0.39 is 11.9 Å². The van der Waals surface area contributed by atoms with Crippen LogP contribution in [0.2, 0.25) is 0 Å². The van der Waals surface area contributed by atoms with E-state index in [1.807, 2.05) is 24.3 Å². The summed E-state index contributed by atoms with van der Waals surface area (Å²) in [5.41, 5.74) is 2.38. The van der Waals surface area contributed by atoms with E-state index in [2.05, 4.69) is 5.32 Å². The molecule has 1 atom stereocenters. The van der Waals surface area contributed by atoms with Crippen LogP contribution in [0.15, 0.2) is 30.3 Å². The van der Waals surface area contributed by atoms with Crippen LogP contribution in [-0.4, -0.2) is 35.5 Å². The van der Waals surface area contributed by atoms with Gasteiger partial charge in [0, 0.05) is 24.0 Å². The van der Waals surface area contributed by atoms with Crippen LogP contribution in [0.1, 0.15) is 35.2 Å². The van der Waals surface area contributed by atoms with Crippen molar-refractivity contribution < 1.29 is 19.5 Å². The Morgan fingerprint density at radius 3 is 2.76 bits per heavy atom. The molecule has 0 saturated carbocycles. The van der Waals surface area contributed by atoms with Crippen molar-refractivity contribution in [2.45, 2.75) is 31.7 Å². The molecule has 25 heavy (non-hydrogen) atoms. The number of rotatable bonds is 4. The van der Waals surface area contributed by atoms with Crippen molar-refractivity contribution in [1.29, 1.82) is 0 Å². The fraction of sp³-hybridized carbons (Fsp3) is 0.316. The summed E-state index contributed by atoms with van der Waals surface area (Å²) < 4.78 is 0. The number of amides is 3. The minimum atomic E-state index is -0.663. The van der Waals surface area contributed by atoms with Gasteiger partial charge in [0.15, 0.2) is 0 Å². The third kappa shape index (κ3) is 2.41. The molecule has 128 valence electrons. The topological polar surface area (TPSA) is 86.7 Å². The van der Waals surface area contributed by atoms with Crippen LogP contribution in [0.5, 0.6) is 0 Å². The molecule has 0 bridgehead atoms. The molecule has 2 aromatic carbocycles. The second-order valence-corrected chi connectivity index (χ2v) is 6.44. The maximum atomic E-state index is 13.0. The molecule has 2 heterocycles. The molecule has 0 radical (unpaired) electrons. The number of hydrogen-bond donors (Lipinski definition) is 2. The Morgan fingerprint density at radius 2 is 2.00 bits per heavy atom. The van der Waals surface area contributed by atoms with Crippen molar-refractivity contribution in [2.75, 3.05) is 11.5 Å². The first-order chi connectivity index (χ1) is 12.1. The molecule has 2 aromatic rings. The van der Waals surface area contributed by atoms with E-state index in [1.54, 1.807) is 6.07 Å². The predicted octanol–water partition coefficient (Wildman–Crippen LogP) is 1.53. The standard InChI is InChI=1S/C19H18N2O4/c22-10-2-3-11-6-7-14-17-12(11)4-1-5-13(17)19(25)21(14)15-8-9-16(23)20-18(15)24/h1,4-7,15,22H,2-3,8-10H2,(H,20,23,24). The molecule has 1 saturated heterocycles. The molecular weight excluding hydrogens is 320 g/mol. The largest absolute Gasteiger partial charge is 0.396 e. The van der Waals surface area contributed by atoms with E-state index in [0.29, 0.717) is 18.4 Å². The third-order valence-corrected chi connectivity index (χ3v) is 4.94. The van der Waals surface area contributed by atoms with E-state index in [9.17, 15) is 14.4 Å². The normalized spacial score (nSPS) is 19.6. The van der Waals surface area contributed by atoms with Gasteiger partial charge in [0.1, 0.15) is 6.04 Å². The number of aliphatic hydroxyl groups excluding tert-OH is 1. The Hall–Kier alpha value is -2.73. The molecule has 2 N–H and O–H groups in total. The lowest BCUT2D eigenvalue weighted by Gasteiger charge is -2.30. The average molecular weight is 338 g/mol. The molecule has 0 aliphatic carbocycles. The van der Waals surface area contributed by atoms with Gasteiger partial charge in [0.2, 0.25) is 11.8 Å². The summed E-state index contributed by atoms with van der Waals surface area (Å²) >= 11 is 0. The van der Waals surface area contributed by atoms with E-state index in [4.69, 9.17) is 5.11 Å². The molecule has 4 rings (SSSR count). The van der Waals surface area contributed by atoms with Crippen molar-refractivity contribution in [3.05, 3.63) is 41.5 Å². The molecule has 0 aromatic heterocycles. The fourth-order valence-electron chi connectivity index (χ4n) is 3.79. The number of aliphatic hydroxyl groups is 1. The van der Waals surface area contributed by atoms with Crippen molar-refractivity contribution in [1.82, 2.24) is 5.32 Å². The summed E-state index contributed by atoms with van der Waals surface area (Å²) in [6.07, 6.45) is 1.94. The van der Waals surface area contributed by atoms with Gasteiger partial charge >= 0.3 is 0 Å². The maximum absolute atomic E-state index is 13.0. The number of imide groups is 1. The predicted molar refractivity (Wildman–Crippen MR) is 92.3 cm³/mol. The van der Waals surface area contributed by atoms with E-state index in [0.717, 1.165) is 28.4 Å². The van der Waals surface area contributed by atoms with Crippen LogP contribution in [0.25, 0.3) is 10.8 Å². The van der Waals surface area contributed by atoms with Gasteiger partial charge in [0.25, 0.3) is 5.91 Å². The van der Waals surface area contributed by atoms with Gasteiger partial charge in [0.05, 0.1) is 5.69 Å². The summed E-state index contributed by atoms with van der Waals surface area (Å²) in [6, 6.07) is 8.74. The van der Waals surface area contributed by atoms with Gasteiger partial charge in [-0.2, -0.15) is 0 Å². The highest BCUT2D eigenvalue weighted by atomic mass is 16.3. The average Bonchev–Trinajstić information content (AvgIpc) is 2.89. The van der Waals surface area contributed by atoms with Crippen molar-refractivity contribution in [2.24, 2.45) is 0 Å². The Labute approximate surface area is 144 Å². The Bertz CT molecular complexity index is 906. The minimum Gasteiger partial charge on any atom is -0.396 e. The van der Waals surface area contributed by atoms with Crippen LogP contribution in [0, 0.1) is 0 Å². The van der Waals surface area contributed by atoms with E-state index >= 15 is 0 Å². The molecule has 1 fully saturated rings. The molecule has 1 unspecified atom stereocenters. The summed E-state index contributed by atoms with van der Waals surface area (Å²) in [5.74, 6) is -0.917. The SMILES string of the molecule is O=C1CCC(N2C(=O)c3cccc4c(CCCO)ccc2c34)C(=O)N1. The smallest absolute Gasteiger partial charge is 0.259 e. The summed E-state index contributed by atoms with van der Waals surface area (Å²) in [6.45, 7) is 0.115. The number of piperidine rings is 1. The quantitative estimate of drug-likeness (QED) is 0.828. The Kier molecular flexibility index (Phi) is 3.77. The van der Waals surface area contributed by atoms with Crippen LogP contribution < -0.4 is 10.2 Å². The zero-order chi connectivity index (χ0) is 17.6. The van der Waals surface area contributed by atoms with E-state index in [1.165, 1.54) is 4.90 Å². The van der Waals surface area contributed by atoms with Crippen LogP contribution in [-0.2, 0) is 16.0 Å². The highest BCUT2D eigenvalue weighted by Gasteiger charge is 2.40. The zero-order valence-corrected chi connectivity index (χ0v) is 13.6. The molecule has 6 heteroatoms. The van der Waals surface area contributed by atoms with Crippen molar-refractivity contribution >= 4 is 34.2 Å². The van der Waals surface area contributed by atoms with Gasteiger partial charge in [-0.1, -0.05) is 18.2 Å². The van der Waals surface area contributed by atoms with Crippen LogP contribution in [0.3, 0.4) is 0 Å². The van der Waals surface area contributed by atoms with Crippen LogP contribution >= 0.6 is 0 Å². The highest BCUT2D eigenvalue weighted by Crippen LogP contribution is 2.41. The number of benzene rings is 2. The first-order valence-corrected chi connectivity index (χ1v) is 8.44.